The minimum absolute atomic E-state index is 0.0590. The quantitative estimate of drug-likeness (QED) is 0.563. The molecule has 5 nitrogen and oxygen atoms in total. The first-order valence-electron chi connectivity index (χ1n) is 10.5. The van der Waals surface area contributed by atoms with E-state index in [0.717, 1.165) is 29.7 Å². The number of aromatic nitrogens is 1. The maximum Gasteiger partial charge on any atom is 0.337 e. The number of amides is 1. The van der Waals surface area contributed by atoms with Crippen molar-refractivity contribution in [1.29, 1.82) is 0 Å². The van der Waals surface area contributed by atoms with Gasteiger partial charge in [-0.15, -0.1) is 0 Å². The molecule has 4 rings (SSSR count). The molecule has 0 radical (unpaired) electrons. The molecule has 0 spiro atoms. The van der Waals surface area contributed by atoms with Crippen LogP contribution in [-0.2, 0) is 16.0 Å². The summed E-state index contributed by atoms with van der Waals surface area (Å²) in [5, 5.41) is 0. The third kappa shape index (κ3) is 4.22. The van der Waals surface area contributed by atoms with E-state index >= 15 is 0 Å². The summed E-state index contributed by atoms with van der Waals surface area (Å²) in [6.07, 6.45) is 5.47. The summed E-state index contributed by atoms with van der Waals surface area (Å²) in [6.45, 7) is 3.74. The van der Waals surface area contributed by atoms with Gasteiger partial charge >= 0.3 is 5.97 Å². The maximum atomic E-state index is 12.4. The molecule has 3 aromatic rings. The Morgan fingerprint density at radius 3 is 2.48 bits per heavy atom. The molecule has 1 aromatic heterocycles. The monoisotopic (exact) mass is 414 g/mol. The molecule has 0 aliphatic carbocycles. The fraction of sp³-hybridized carbons (Fsp3) is 0.269. The zero-order valence-electron chi connectivity index (χ0n) is 18.0. The average Bonchev–Trinajstić information content (AvgIpc) is 2.79. The Kier molecular flexibility index (Phi) is 5.85. The molecule has 1 aliphatic heterocycles. The smallest absolute Gasteiger partial charge is 0.337 e. The molecule has 0 N–H and O–H groups in total. The van der Waals surface area contributed by atoms with E-state index in [-0.39, 0.29) is 17.9 Å². The Morgan fingerprint density at radius 2 is 1.84 bits per heavy atom. The normalized spacial score (nSPS) is 17.7. The van der Waals surface area contributed by atoms with Gasteiger partial charge in [0.1, 0.15) is 0 Å². The standard InChI is InChI=1S/C26H26N2O3/c1-17-13-23(14-19-5-4-12-27-16-19)24-15-22(10-11-25(24)28(17)18(2)29)20-6-8-21(9-7-20)26(30)31-3/h4-12,15-17,23H,13-14H2,1-3H3. The molecule has 5 heteroatoms. The zero-order valence-corrected chi connectivity index (χ0v) is 18.0. The molecule has 0 bridgehead atoms. The predicted molar refractivity (Wildman–Crippen MR) is 121 cm³/mol. The van der Waals surface area contributed by atoms with Gasteiger partial charge in [-0.3, -0.25) is 9.78 Å². The zero-order chi connectivity index (χ0) is 22.0. The topological polar surface area (TPSA) is 59.5 Å². The highest BCUT2D eigenvalue weighted by Gasteiger charge is 2.32. The summed E-state index contributed by atoms with van der Waals surface area (Å²) < 4.78 is 4.79. The van der Waals surface area contributed by atoms with Crippen molar-refractivity contribution in [2.45, 2.75) is 38.6 Å². The second kappa shape index (κ2) is 8.72. The summed E-state index contributed by atoms with van der Waals surface area (Å²) in [4.78, 5) is 30.3. The first kappa shape index (κ1) is 20.8. The molecule has 158 valence electrons. The first-order chi connectivity index (χ1) is 15.0. The molecule has 0 saturated heterocycles. The maximum absolute atomic E-state index is 12.4. The van der Waals surface area contributed by atoms with Crippen molar-refractivity contribution in [3.05, 3.63) is 83.7 Å². The van der Waals surface area contributed by atoms with Crippen molar-refractivity contribution >= 4 is 17.6 Å². The number of fused-ring (bicyclic) bond motifs is 1. The summed E-state index contributed by atoms with van der Waals surface area (Å²) in [7, 11) is 1.38. The summed E-state index contributed by atoms with van der Waals surface area (Å²) in [5.74, 6) is 0.00228. The number of hydrogen-bond acceptors (Lipinski definition) is 4. The van der Waals surface area contributed by atoms with E-state index < -0.39 is 0 Å². The average molecular weight is 415 g/mol. The molecule has 2 atom stereocenters. The third-order valence-corrected chi connectivity index (χ3v) is 5.98. The first-order valence-corrected chi connectivity index (χ1v) is 10.5. The Bertz CT molecular complexity index is 1090. The van der Waals surface area contributed by atoms with Crippen LogP contribution in [0, 0.1) is 0 Å². The van der Waals surface area contributed by atoms with Crippen LogP contribution in [-0.4, -0.2) is 30.0 Å². The summed E-state index contributed by atoms with van der Waals surface area (Å²) >= 11 is 0. The van der Waals surface area contributed by atoms with Gasteiger partial charge in [0.15, 0.2) is 0 Å². The highest BCUT2D eigenvalue weighted by Crippen LogP contribution is 2.42. The third-order valence-electron chi connectivity index (χ3n) is 5.98. The van der Waals surface area contributed by atoms with Gasteiger partial charge in [0, 0.05) is 31.0 Å². The summed E-state index contributed by atoms with van der Waals surface area (Å²) in [5.41, 5.74) is 5.94. The largest absolute Gasteiger partial charge is 0.465 e. The fourth-order valence-corrected chi connectivity index (χ4v) is 4.56. The lowest BCUT2D eigenvalue weighted by Crippen LogP contribution is -2.42. The lowest BCUT2D eigenvalue weighted by Gasteiger charge is -2.39. The van der Waals surface area contributed by atoms with Gasteiger partial charge in [-0.05, 0) is 78.3 Å². The van der Waals surface area contributed by atoms with E-state index in [1.165, 1.54) is 18.2 Å². The van der Waals surface area contributed by atoms with E-state index in [0.29, 0.717) is 11.5 Å². The van der Waals surface area contributed by atoms with Crippen molar-refractivity contribution < 1.29 is 14.3 Å². The fourth-order valence-electron chi connectivity index (χ4n) is 4.56. The molecule has 0 fully saturated rings. The van der Waals surface area contributed by atoms with Gasteiger partial charge in [0.25, 0.3) is 0 Å². The summed E-state index contributed by atoms with van der Waals surface area (Å²) in [6, 6.07) is 17.9. The van der Waals surface area contributed by atoms with Gasteiger partial charge < -0.3 is 9.64 Å². The number of ether oxygens (including phenoxy) is 1. The van der Waals surface area contributed by atoms with Crippen molar-refractivity contribution in [2.75, 3.05) is 12.0 Å². The highest BCUT2D eigenvalue weighted by atomic mass is 16.5. The van der Waals surface area contributed by atoms with Gasteiger partial charge in [0.2, 0.25) is 5.91 Å². The van der Waals surface area contributed by atoms with E-state index in [1.54, 1.807) is 25.3 Å². The van der Waals surface area contributed by atoms with Gasteiger partial charge in [-0.2, -0.15) is 0 Å². The van der Waals surface area contributed by atoms with Crippen LogP contribution in [0.15, 0.2) is 67.0 Å². The number of anilines is 1. The molecule has 31 heavy (non-hydrogen) atoms. The van der Waals surface area contributed by atoms with Gasteiger partial charge in [-0.25, -0.2) is 4.79 Å². The molecule has 2 unspecified atom stereocenters. The van der Waals surface area contributed by atoms with Crippen LogP contribution in [0.5, 0.6) is 0 Å². The van der Waals surface area contributed by atoms with Crippen LogP contribution >= 0.6 is 0 Å². The highest BCUT2D eigenvalue weighted by molar-refractivity contribution is 5.94. The van der Waals surface area contributed by atoms with Crippen LogP contribution in [0.25, 0.3) is 11.1 Å². The number of esters is 1. The number of rotatable bonds is 4. The second-order valence-electron chi connectivity index (χ2n) is 8.08. The number of pyridine rings is 1. The lowest BCUT2D eigenvalue weighted by molar-refractivity contribution is -0.117. The Labute approximate surface area is 182 Å². The van der Waals surface area contributed by atoms with Crippen LogP contribution in [0.4, 0.5) is 5.69 Å². The minimum Gasteiger partial charge on any atom is -0.465 e. The molecule has 1 aliphatic rings. The molecule has 2 aromatic carbocycles. The molecule has 1 amide bonds. The molecular formula is C26H26N2O3. The van der Waals surface area contributed by atoms with Crippen molar-refractivity contribution in [1.82, 2.24) is 4.98 Å². The van der Waals surface area contributed by atoms with E-state index in [1.807, 2.05) is 41.4 Å². The van der Waals surface area contributed by atoms with Crippen molar-refractivity contribution in [3.8, 4) is 11.1 Å². The van der Waals surface area contributed by atoms with E-state index in [4.69, 9.17) is 4.74 Å². The van der Waals surface area contributed by atoms with Gasteiger partial charge in [-0.1, -0.05) is 24.3 Å². The van der Waals surface area contributed by atoms with E-state index in [2.05, 4.69) is 24.0 Å². The van der Waals surface area contributed by atoms with Gasteiger partial charge in [0.05, 0.1) is 12.7 Å². The van der Waals surface area contributed by atoms with E-state index in [9.17, 15) is 9.59 Å². The van der Waals surface area contributed by atoms with Crippen LogP contribution in [0.1, 0.15) is 47.7 Å². The minimum atomic E-state index is -0.348. The Morgan fingerprint density at radius 1 is 1.10 bits per heavy atom. The lowest BCUT2D eigenvalue weighted by atomic mass is 9.81. The van der Waals surface area contributed by atoms with Crippen molar-refractivity contribution in [3.63, 3.8) is 0 Å². The van der Waals surface area contributed by atoms with Crippen LogP contribution < -0.4 is 4.90 Å². The van der Waals surface area contributed by atoms with Crippen molar-refractivity contribution in [2.24, 2.45) is 0 Å². The number of nitrogens with zero attached hydrogens (tertiary/aromatic N) is 2. The molecule has 2 heterocycles. The predicted octanol–water partition coefficient (Wildman–Crippen LogP) is 5.01. The Hall–Kier alpha value is -3.47. The number of carbonyl (C=O) groups excluding carboxylic acids is 2. The number of benzene rings is 2. The number of hydrogen-bond donors (Lipinski definition) is 0. The molecular weight excluding hydrogens is 388 g/mol. The van der Waals surface area contributed by atoms with Crippen LogP contribution in [0.3, 0.4) is 0 Å². The second-order valence-corrected chi connectivity index (χ2v) is 8.08. The number of methoxy groups -OCH3 is 1. The Balaban J connectivity index is 1.74. The number of carbonyl (C=O) groups is 2. The molecule has 0 saturated carbocycles. The SMILES string of the molecule is COC(=O)c1ccc(-c2ccc3c(c2)C(Cc2cccnc2)CC(C)N3C(C)=O)cc1. The van der Waals surface area contributed by atoms with Crippen LogP contribution in [0.2, 0.25) is 0 Å².